The summed E-state index contributed by atoms with van der Waals surface area (Å²) in [5.41, 5.74) is 3.37. The van der Waals surface area contributed by atoms with Crippen LogP contribution in [0.5, 0.6) is 0 Å². The molecule has 0 spiro atoms. The van der Waals surface area contributed by atoms with Crippen LogP contribution in [0.25, 0.3) is 0 Å². The van der Waals surface area contributed by atoms with Crippen LogP contribution in [0.4, 0.5) is 17.1 Å². The van der Waals surface area contributed by atoms with E-state index in [1.807, 2.05) is 32.0 Å². The number of carbonyl (C=O) groups is 2. The summed E-state index contributed by atoms with van der Waals surface area (Å²) < 4.78 is 0. The number of rotatable bonds is 4. The Morgan fingerprint density at radius 2 is 1.88 bits per heavy atom. The van der Waals surface area contributed by atoms with E-state index in [0.29, 0.717) is 12.2 Å². The molecule has 0 saturated carbocycles. The van der Waals surface area contributed by atoms with Gasteiger partial charge >= 0.3 is 0 Å². The largest absolute Gasteiger partial charge is 0.326 e. The van der Waals surface area contributed by atoms with Crippen molar-refractivity contribution in [3.8, 4) is 0 Å². The predicted molar refractivity (Wildman–Crippen MR) is 98.1 cm³/mol. The van der Waals surface area contributed by atoms with E-state index in [2.05, 4.69) is 5.32 Å². The summed E-state index contributed by atoms with van der Waals surface area (Å²) in [5.74, 6) is -0.807. The fourth-order valence-corrected chi connectivity index (χ4v) is 3.14. The van der Waals surface area contributed by atoms with E-state index in [-0.39, 0.29) is 23.9 Å². The molecule has 2 aromatic carbocycles. The quantitative estimate of drug-likeness (QED) is 0.675. The number of carbonyl (C=O) groups excluding carboxylic acids is 2. The molecule has 134 valence electrons. The van der Waals surface area contributed by atoms with Gasteiger partial charge in [0.2, 0.25) is 11.8 Å². The van der Waals surface area contributed by atoms with E-state index in [9.17, 15) is 19.7 Å². The van der Waals surface area contributed by atoms with Crippen molar-refractivity contribution in [1.29, 1.82) is 0 Å². The van der Waals surface area contributed by atoms with Gasteiger partial charge < -0.3 is 10.2 Å². The third-order valence-electron chi connectivity index (χ3n) is 4.48. The van der Waals surface area contributed by atoms with Crippen molar-refractivity contribution in [3.05, 3.63) is 63.7 Å². The van der Waals surface area contributed by atoms with Gasteiger partial charge in [-0.2, -0.15) is 0 Å². The highest BCUT2D eigenvalue weighted by Crippen LogP contribution is 2.29. The van der Waals surface area contributed by atoms with E-state index < -0.39 is 10.8 Å². The molecule has 1 saturated heterocycles. The van der Waals surface area contributed by atoms with Crippen molar-refractivity contribution >= 4 is 28.9 Å². The minimum absolute atomic E-state index is 0.0416. The fourth-order valence-electron chi connectivity index (χ4n) is 3.14. The molecule has 0 aliphatic carbocycles. The van der Waals surface area contributed by atoms with Gasteiger partial charge in [0.05, 0.1) is 10.8 Å². The number of nitrogens with one attached hydrogen (secondary N) is 1. The highest BCUT2D eigenvalue weighted by atomic mass is 16.6. The SMILES string of the molecule is Cc1ccc(N2C[C@@H](C(=O)Nc3ccc([N+](=O)[O-])cc3)CC2=O)c(C)c1. The summed E-state index contributed by atoms with van der Waals surface area (Å²) in [4.78, 5) is 36.7. The Bertz CT molecular complexity index is 877. The molecule has 7 nitrogen and oxygen atoms in total. The van der Waals surface area contributed by atoms with E-state index >= 15 is 0 Å². The molecule has 1 fully saturated rings. The molecule has 1 aliphatic rings. The van der Waals surface area contributed by atoms with Crippen LogP contribution >= 0.6 is 0 Å². The molecule has 0 unspecified atom stereocenters. The molecular weight excluding hydrogens is 334 g/mol. The molecule has 1 N–H and O–H groups in total. The normalized spacial score (nSPS) is 16.6. The van der Waals surface area contributed by atoms with Gasteiger partial charge in [0.1, 0.15) is 0 Å². The molecule has 26 heavy (non-hydrogen) atoms. The Kier molecular flexibility index (Phi) is 4.71. The maximum Gasteiger partial charge on any atom is 0.269 e. The van der Waals surface area contributed by atoms with E-state index in [0.717, 1.165) is 16.8 Å². The predicted octanol–water partition coefficient (Wildman–Crippen LogP) is 3.20. The van der Waals surface area contributed by atoms with E-state index in [4.69, 9.17) is 0 Å². The lowest BCUT2D eigenvalue weighted by Crippen LogP contribution is -2.28. The molecule has 7 heteroatoms. The minimum atomic E-state index is -0.497. The van der Waals surface area contributed by atoms with Crippen LogP contribution in [0.3, 0.4) is 0 Å². The average molecular weight is 353 g/mol. The van der Waals surface area contributed by atoms with Crippen molar-refractivity contribution in [1.82, 2.24) is 0 Å². The summed E-state index contributed by atoms with van der Waals surface area (Å²) in [6, 6.07) is 11.5. The molecule has 0 bridgehead atoms. The molecule has 0 radical (unpaired) electrons. The topological polar surface area (TPSA) is 92.6 Å². The second-order valence-corrected chi connectivity index (χ2v) is 6.49. The van der Waals surface area contributed by atoms with Crippen LogP contribution in [0.15, 0.2) is 42.5 Å². The molecule has 1 atom stereocenters. The number of hydrogen-bond donors (Lipinski definition) is 1. The second kappa shape index (κ2) is 6.95. The molecule has 2 amide bonds. The van der Waals surface area contributed by atoms with Gasteiger partial charge in [0.15, 0.2) is 0 Å². The number of nitro benzene ring substituents is 1. The van der Waals surface area contributed by atoms with E-state index in [1.165, 1.54) is 24.3 Å². The Morgan fingerprint density at radius 3 is 2.50 bits per heavy atom. The zero-order valence-corrected chi connectivity index (χ0v) is 14.6. The first-order valence-electron chi connectivity index (χ1n) is 8.28. The van der Waals surface area contributed by atoms with Crippen molar-refractivity contribution in [2.24, 2.45) is 5.92 Å². The van der Waals surface area contributed by atoms with Crippen LogP contribution in [0, 0.1) is 29.9 Å². The van der Waals surface area contributed by atoms with Crippen molar-refractivity contribution in [3.63, 3.8) is 0 Å². The summed E-state index contributed by atoms with van der Waals surface area (Å²) in [6.45, 7) is 4.25. The summed E-state index contributed by atoms with van der Waals surface area (Å²) in [7, 11) is 0. The van der Waals surface area contributed by atoms with Gasteiger partial charge in [-0.1, -0.05) is 17.7 Å². The summed E-state index contributed by atoms with van der Waals surface area (Å²) in [5, 5.41) is 13.4. The van der Waals surface area contributed by atoms with Crippen LogP contribution in [-0.2, 0) is 9.59 Å². The number of hydrogen-bond acceptors (Lipinski definition) is 4. The number of amides is 2. The van der Waals surface area contributed by atoms with Crippen molar-refractivity contribution in [2.45, 2.75) is 20.3 Å². The molecule has 2 aromatic rings. The third-order valence-corrected chi connectivity index (χ3v) is 4.48. The summed E-state index contributed by atoms with van der Waals surface area (Å²) in [6.07, 6.45) is 0.145. The monoisotopic (exact) mass is 353 g/mol. The Morgan fingerprint density at radius 1 is 1.19 bits per heavy atom. The Labute approximate surface area is 150 Å². The molecule has 3 rings (SSSR count). The fraction of sp³-hybridized carbons (Fsp3) is 0.263. The van der Waals surface area contributed by atoms with Crippen LogP contribution in [0.1, 0.15) is 17.5 Å². The number of non-ortho nitro benzene ring substituents is 1. The molecule has 0 aromatic heterocycles. The smallest absolute Gasteiger partial charge is 0.269 e. The molecule has 1 heterocycles. The molecular formula is C19H19N3O4. The van der Waals surface area contributed by atoms with Crippen LogP contribution in [0.2, 0.25) is 0 Å². The average Bonchev–Trinajstić information content (AvgIpc) is 2.97. The number of aryl methyl sites for hydroxylation is 2. The number of nitrogens with zero attached hydrogens (tertiary/aromatic N) is 2. The molecule has 1 aliphatic heterocycles. The first-order chi connectivity index (χ1) is 12.3. The van der Waals surface area contributed by atoms with E-state index in [1.54, 1.807) is 4.90 Å². The lowest BCUT2D eigenvalue weighted by molar-refractivity contribution is -0.384. The maximum absolute atomic E-state index is 12.5. The van der Waals surface area contributed by atoms with Crippen LogP contribution in [-0.4, -0.2) is 23.3 Å². The standard InChI is InChI=1S/C19H19N3O4/c1-12-3-8-17(13(2)9-12)21-11-14(10-18(21)23)19(24)20-15-4-6-16(7-5-15)22(25)26/h3-9,14H,10-11H2,1-2H3,(H,20,24)/t14-/m0/s1. The lowest BCUT2D eigenvalue weighted by atomic mass is 10.1. The van der Waals surface area contributed by atoms with Gasteiger partial charge in [-0.25, -0.2) is 0 Å². The zero-order chi connectivity index (χ0) is 18.8. The highest BCUT2D eigenvalue weighted by molar-refractivity contribution is 6.03. The van der Waals surface area contributed by atoms with Gasteiger partial charge in [-0.3, -0.25) is 19.7 Å². The third kappa shape index (κ3) is 3.56. The number of nitro groups is 1. The van der Waals surface area contributed by atoms with Crippen molar-refractivity contribution < 1.29 is 14.5 Å². The Balaban J connectivity index is 1.69. The minimum Gasteiger partial charge on any atom is -0.326 e. The van der Waals surface area contributed by atoms with Gasteiger partial charge in [-0.05, 0) is 37.6 Å². The first-order valence-corrected chi connectivity index (χ1v) is 8.28. The van der Waals surface area contributed by atoms with Gasteiger partial charge in [0.25, 0.3) is 5.69 Å². The number of anilines is 2. The van der Waals surface area contributed by atoms with Gasteiger partial charge in [-0.15, -0.1) is 0 Å². The maximum atomic E-state index is 12.5. The summed E-state index contributed by atoms with van der Waals surface area (Å²) >= 11 is 0. The van der Waals surface area contributed by atoms with Gasteiger partial charge in [0, 0.05) is 36.5 Å². The van der Waals surface area contributed by atoms with Crippen molar-refractivity contribution in [2.75, 3.05) is 16.8 Å². The first kappa shape index (κ1) is 17.6. The highest BCUT2D eigenvalue weighted by Gasteiger charge is 2.35. The Hall–Kier alpha value is -3.22. The zero-order valence-electron chi connectivity index (χ0n) is 14.6. The second-order valence-electron chi connectivity index (χ2n) is 6.49. The lowest BCUT2D eigenvalue weighted by Gasteiger charge is -2.19. The number of benzene rings is 2. The van der Waals surface area contributed by atoms with Crippen LogP contribution < -0.4 is 10.2 Å².